The summed E-state index contributed by atoms with van der Waals surface area (Å²) in [5.74, 6) is -1.67. The fourth-order valence-corrected chi connectivity index (χ4v) is 9.50. The lowest BCUT2D eigenvalue weighted by Gasteiger charge is -2.51. The maximum Gasteiger partial charge on any atom is 0.397 e. The SMILES string of the molecule is CC(=O)N[C@H]1[C@H](OC[C@H]2OC(O)[C@H](NC(C)=O)[C@@H](O[C@@H]3O[C@H](CO)[C@H](O)[C@H](O[C@@H]4O[C@H](CO)[C@H](O)[C@H](O)[C@H]4O[C@@H]4O[C@@H](C)[C@@H](O)[C@@H](O)[C@@H]4O)[C@H]3O[C@@H]3O[C@@H](C)[C@@H](O)[C@@H](O)[C@@H]3O)[C@H]2O)O[C@H](COS(=O)(=O)O)[C@@H](O)[C@@H]1O. The van der Waals surface area contributed by atoms with Crippen LogP contribution in [0.2, 0.25) is 0 Å². The Morgan fingerprint density at radius 2 is 0.867 bits per heavy atom. The molecule has 0 radical (unpaired) electrons. The summed E-state index contributed by atoms with van der Waals surface area (Å²) in [5.41, 5.74) is 0. The Labute approximate surface area is 425 Å². The molecule has 0 aromatic rings. The van der Waals surface area contributed by atoms with Crippen LogP contribution in [0, 0.1) is 0 Å². The van der Waals surface area contributed by atoms with E-state index >= 15 is 0 Å². The fraction of sp³-hybridized carbons (Fsp3) is 0.950. The summed E-state index contributed by atoms with van der Waals surface area (Å²) < 4.78 is 100. The molecule has 6 heterocycles. The van der Waals surface area contributed by atoms with Gasteiger partial charge in [0.1, 0.15) is 134 Å². The third-order valence-electron chi connectivity index (χ3n) is 13.3. The van der Waals surface area contributed by atoms with Crippen molar-refractivity contribution in [3.05, 3.63) is 0 Å². The van der Waals surface area contributed by atoms with Crippen LogP contribution in [0.15, 0.2) is 0 Å². The van der Waals surface area contributed by atoms with Gasteiger partial charge in [0.25, 0.3) is 0 Å². The number of carbonyl (C=O) groups excluding carboxylic acids is 2. The fourth-order valence-electron chi connectivity index (χ4n) is 9.20. The molecule has 2 amide bonds. The van der Waals surface area contributed by atoms with Crippen molar-refractivity contribution in [2.24, 2.45) is 0 Å². The van der Waals surface area contributed by atoms with Gasteiger partial charge in [-0.2, -0.15) is 8.42 Å². The summed E-state index contributed by atoms with van der Waals surface area (Å²) in [5, 5.41) is 168. The van der Waals surface area contributed by atoms with E-state index in [1.807, 2.05) is 0 Å². The molecule has 0 saturated carbocycles. The van der Waals surface area contributed by atoms with E-state index in [-0.39, 0.29) is 0 Å². The van der Waals surface area contributed by atoms with Crippen LogP contribution in [0.5, 0.6) is 0 Å². The van der Waals surface area contributed by atoms with Gasteiger partial charge in [0.05, 0.1) is 38.6 Å². The van der Waals surface area contributed by atoms with E-state index in [1.165, 1.54) is 13.8 Å². The number of nitrogens with one attached hydrogen (secondary N) is 2. The molecule has 35 heteroatoms. The minimum absolute atomic E-state index is 0.802. The molecule has 1 unspecified atom stereocenters. The van der Waals surface area contributed by atoms with Crippen LogP contribution in [-0.4, -0.2) is 312 Å². The number of rotatable bonds is 18. The van der Waals surface area contributed by atoms with E-state index in [1.54, 1.807) is 0 Å². The maximum absolute atomic E-state index is 12.6. The van der Waals surface area contributed by atoms with Gasteiger partial charge < -0.3 is 139 Å². The molecule has 18 N–H and O–H groups in total. The smallest absolute Gasteiger partial charge is 0.394 e. The zero-order chi connectivity index (χ0) is 55.7. The van der Waals surface area contributed by atoms with Gasteiger partial charge >= 0.3 is 10.4 Å². The summed E-state index contributed by atoms with van der Waals surface area (Å²) in [4.78, 5) is 24.7. The second kappa shape index (κ2) is 25.9. The summed E-state index contributed by atoms with van der Waals surface area (Å²) in [7, 11) is -5.12. The number of carbonyl (C=O) groups is 2. The van der Waals surface area contributed by atoms with E-state index < -0.39 is 233 Å². The Bertz CT molecular complexity index is 1970. The third-order valence-corrected chi connectivity index (χ3v) is 13.8. The highest BCUT2D eigenvalue weighted by Gasteiger charge is 2.58. The number of aliphatic hydroxyl groups excluding tert-OH is 15. The first kappa shape index (κ1) is 62.0. The van der Waals surface area contributed by atoms with Crippen LogP contribution in [-0.2, 0) is 76.3 Å². The molecule has 0 aromatic carbocycles. The average Bonchev–Trinajstić information content (AvgIpc) is 3.34. The van der Waals surface area contributed by atoms with Crippen molar-refractivity contribution in [3.63, 3.8) is 0 Å². The predicted octanol–water partition coefficient (Wildman–Crippen LogP) is -11.9. The lowest BCUT2D eigenvalue weighted by molar-refractivity contribution is -0.410. The third kappa shape index (κ3) is 14.2. The van der Waals surface area contributed by atoms with Crippen LogP contribution in [0.25, 0.3) is 0 Å². The molecule has 0 aliphatic carbocycles. The molecule has 0 bridgehead atoms. The Kier molecular flexibility index (Phi) is 21.4. The molecule has 75 heavy (non-hydrogen) atoms. The molecule has 6 aliphatic heterocycles. The van der Waals surface area contributed by atoms with E-state index in [4.69, 9.17) is 56.7 Å². The van der Waals surface area contributed by atoms with Gasteiger partial charge in [0.2, 0.25) is 11.8 Å². The number of hydrogen-bond acceptors (Lipinski definition) is 31. The molecular formula is C40H68N2O32S. The highest BCUT2D eigenvalue weighted by Crippen LogP contribution is 2.38. The number of aliphatic hydroxyl groups is 15. The summed E-state index contributed by atoms with van der Waals surface area (Å²) in [6.45, 7) is 0.400. The van der Waals surface area contributed by atoms with E-state index in [2.05, 4.69) is 14.8 Å². The predicted molar refractivity (Wildman–Crippen MR) is 230 cm³/mol. The average molecular weight is 1120 g/mol. The van der Waals surface area contributed by atoms with Crippen molar-refractivity contribution in [1.82, 2.24) is 10.6 Å². The molecule has 30 atom stereocenters. The summed E-state index contributed by atoms with van der Waals surface area (Å²) in [6.07, 6.45) is -54.1. The van der Waals surface area contributed by atoms with Crippen molar-refractivity contribution in [3.8, 4) is 0 Å². The second-order valence-electron chi connectivity index (χ2n) is 18.8. The molecule has 34 nitrogen and oxygen atoms in total. The Balaban J connectivity index is 1.35. The minimum Gasteiger partial charge on any atom is -0.394 e. The number of hydrogen-bond donors (Lipinski definition) is 18. The number of amides is 2. The lowest BCUT2D eigenvalue weighted by Crippen LogP contribution is -2.70. The molecule has 0 spiro atoms. The van der Waals surface area contributed by atoms with Crippen molar-refractivity contribution in [2.45, 2.75) is 212 Å². The topological polar surface area (TPSA) is 527 Å². The van der Waals surface area contributed by atoms with Crippen LogP contribution in [0.4, 0.5) is 0 Å². The van der Waals surface area contributed by atoms with Gasteiger partial charge in [-0.3, -0.25) is 14.1 Å². The molecule has 0 aromatic heterocycles. The Hall–Kier alpha value is -2.23. The molecule has 6 rings (SSSR count). The van der Waals surface area contributed by atoms with Gasteiger partial charge in [0.15, 0.2) is 37.7 Å². The summed E-state index contributed by atoms with van der Waals surface area (Å²) in [6, 6.07) is -3.46. The van der Waals surface area contributed by atoms with Crippen molar-refractivity contribution < 1.29 is 155 Å². The van der Waals surface area contributed by atoms with Gasteiger partial charge in [0, 0.05) is 13.8 Å². The molecular weight excluding hydrogens is 1050 g/mol. The van der Waals surface area contributed by atoms with Gasteiger partial charge in [-0.25, -0.2) is 4.18 Å². The zero-order valence-electron chi connectivity index (χ0n) is 40.2. The second-order valence-corrected chi connectivity index (χ2v) is 19.9. The van der Waals surface area contributed by atoms with Gasteiger partial charge in [-0.1, -0.05) is 0 Å². The number of ether oxygens (including phenoxy) is 11. The molecule has 6 saturated heterocycles. The van der Waals surface area contributed by atoms with Gasteiger partial charge in [-0.05, 0) is 13.8 Å². The van der Waals surface area contributed by atoms with Crippen molar-refractivity contribution >= 4 is 22.2 Å². The monoisotopic (exact) mass is 1120 g/mol. The van der Waals surface area contributed by atoms with E-state index in [0.29, 0.717) is 0 Å². The van der Waals surface area contributed by atoms with Crippen LogP contribution < -0.4 is 10.6 Å². The first-order valence-electron chi connectivity index (χ1n) is 23.5. The normalized spacial score (nSPS) is 49.0. The van der Waals surface area contributed by atoms with Crippen LogP contribution in [0.3, 0.4) is 0 Å². The van der Waals surface area contributed by atoms with Crippen molar-refractivity contribution in [1.29, 1.82) is 0 Å². The Morgan fingerprint density at radius 1 is 0.440 bits per heavy atom. The minimum atomic E-state index is -5.12. The summed E-state index contributed by atoms with van der Waals surface area (Å²) >= 11 is 0. The molecule has 6 aliphatic rings. The quantitative estimate of drug-likeness (QED) is 0.0567. The largest absolute Gasteiger partial charge is 0.397 e. The standard InChI is InChI=1S/C40H68N2O32S/c1-9-19(47)26(54)29(57)37(65-9)73-33-28(56)21(49)13(5-43)68-39(33)72-32-23(51)14(6-44)69-40(34(32)74-38-30(58)27(55)20(48)10(2)66-38)71-31-18(42-12(4)46)35(59)67-15(24(31)52)7-63-36-17(41-11(3)45)25(53)22(50)16(70-36)8-64-75(60,61)62/h9-10,13-40,43-44,47-59H,5-8H2,1-4H3,(H,41,45)(H,42,46)(H,60,61,62)/t9-,10-,13+,14+,15+,16+,17+,18+,19+,20+,21-,22+,23-,24-,25+,26+,27+,28-,29-,30-,31+,32-,33+,34+,35?,36+,37-,38-,39-,40-/m0/s1. The van der Waals surface area contributed by atoms with Crippen LogP contribution >= 0.6 is 0 Å². The molecule has 6 fully saturated rings. The van der Waals surface area contributed by atoms with Gasteiger partial charge in [-0.15, -0.1) is 0 Å². The highest BCUT2D eigenvalue weighted by atomic mass is 32.3. The first-order chi connectivity index (χ1) is 35.1. The maximum atomic E-state index is 12.6. The van der Waals surface area contributed by atoms with E-state index in [0.717, 1.165) is 13.8 Å². The lowest BCUT2D eigenvalue weighted by atomic mass is 9.94. The highest BCUT2D eigenvalue weighted by molar-refractivity contribution is 7.80. The van der Waals surface area contributed by atoms with Crippen LogP contribution in [0.1, 0.15) is 27.7 Å². The Morgan fingerprint density at radius 3 is 1.39 bits per heavy atom. The van der Waals surface area contributed by atoms with E-state index in [9.17, 15) is 94.6 Å². The van der Waals surface area contributed by atoms with Crippen molar-refractivity contribution in [2.75, 3.05) is 26.4 Å². The molecule has 436 valence electrons. The first-order valence-corrected chi connectivity index (χ1v) is 24.8. The zero-order valence-corrected chi connectivity index (χ0v) is 41.1.